The van der Waals surface area contributed by atoms with Crippen molar-refractivity contribution in [1.82, 2.24) is 4.72 Å². The lowest BCUT2D eigenvalue weighted by Gasteiger charge is -2.29. The van der Waals surface area contributed by atoms with Gasteiger partial charge in [-0.1, -0.05) is 19.8 Å². The summed E-state index contributed by atoms with van der Waals surface area (Å²) < 4.78 is 52.7. The van der Waals surface area contributed by atoms with Gasteiger partial charge in [0.25, 0.3) is 0 Å². The van der Waals surface area contributed by atoms with Crippen LogP contribution in [0.1, 0.15) is 32.6 Å². The molecule has 1 aromatic rings. The van der Waals surface area contributed by atoms with E-state index >= 15 is 0 Å². The minimum atomic E-state index is -3.79. The molecule has 2 rings (SSSR count). The van der Waals surface area contributed by atoms with E-state index in [9.17, 15) is 17.2 Å². The minimum Gasteiger partial charge on any atom is -0.208 e. The number of benzene rings is 1. The molecule has 1 aliphatic carbocycles. The second-order valence-electron chi connectivity index (χ2n) is 5.07. The Balaban J connectivity index is 2.19. The standard InChI is InChI=1S/C13H17F2NO2S/c1-9-4-2-3-5-13(9)16-19(17,18)10-6-7-11(14)12(15)8-10/h6-9,13,16H,2-5H2,1H3/t9-,13-/m0/s1. The van der Waals surface area contributed by atoms with E-state index in [4.69, 9.17) is 0 Å². The highest BCUT2D eigenvalue weighted by molar-refractivity contribution is 7.89. The Bertz CT molecular complexity index is 560. The van der Waals surface area contributed by atoms with Gasteiger partial charge in [0.05, 0.1) is 4.90 Å². The van der Waals surface area contributed by atoms with Crippen LogP contribution in [0, 0.1) is 17.6 Å². The first-order valence-electron chi connectivity index (χ1n) is 6.37. The number of hydrogen-bond donors (Lipinski definition) is 1. The Morgan fingerprint density at radius 2 is 1.84 bits per heavy atom. The highest BCUT2D eigenvalue weighted by Crippen LogP contribution is 2.25. The lowest BCUT2D eigenvalue weighted by atomic mass is 9.87. The average molecular weight is 289 g/mol. The van der Waals surface area contributed by atoms with Crippen LogP contribution in [0.3, 0.4) is 0 Å². The summed E-state index contributed by atoms with van der Waals surface area (Å²) in [6.45, 7) is 2.00. The van der Waals surface area contributed by atoms with Crippen LogP contribution >= 0.6 is 0 Å². The van der Waals surface area contributed by atoms with Gasteiger partial charge < -0.3 is 0 Å². The second-order valence-corrected chi connectivity index (χ2v) is 6.78. The molecule has 0 radical (unpaired) electrons. The van der Waals surface area contributed by atoms with E-state index in [1.807, 2.05) is 6.92 Å². The summed E-state index contributed by atoms with van der Waals surface area (Å²) in [6, 6.07) is 2.49. The molecule has 0 spiro atoms. The molecule has 0 unspecified atom stereocenters. The number of sulfonamides is 1. The monoisotopic (exact) mass is 289 g/mol. The molecule has 1 saturated carbocycles. The summed E-state index contributed by atoms with van der Waals surface area (Å²) in [5.41, 5.74) is 0. The van der Waals surface area contributed by atoms with E-state index < -0.39 is 21.7 Å². The number of hydrogen-bond acceptors (Lipinski definition) is 2. The molecule has 0 saturated heterocycles. The van der Waals surface area contributed by atoms with Crippen molar-refractivity contribution in [2.75, 3.05) is 0 Å². The Hall–Kier alpha value is -1.01. The first-order chi connectivity index (χ1) is 8.90. The zero-order chi connectivity index (χ0) is 14.0. The predicted octanol–water partition coefficient (Wildman–Crippen LogP) is 2.82. The largest absolute Gasteiger partial charge is 0.240 e. The van der Waals surface area contributed by atoms with Gasteiger partial charge in [-0.3, -0.25) is 0 Å². The maximum absolute atomic E-state index is 13.1. The van der Waals surface area contributed by atoms with Crippen molar-refractivity contribution in [3.63, 3.8) is 0 Å². The molecule has 0 bridgehead atoms. The van der Waals surface area contributed by atoms with Crippen LogP contribution < -0.4 is 4.72 Å². The molecule has 0 amide bonds. The molecular weight excluding hydrogens is 272 g/mol. The molecule has 19 heavy (non-hydrogen) atoms. The van der Waals surface area contributed by atoms with E-state index in [0.29, 0.717) is 6.07 Å². The maximum atomic E-state index is 13.1. The SMILES string of the molecule is C[C@H]1CCCC[C@@H]1NS(=O)(=O)c1ccc(F)c(F)c1. The van der Waals surface area contributed by atoms with E-state index in [-0.39, 0.29) is 16.9 Å². The fraction of sp³-hybridized carbons (Fsp3) is 0.538. The third kappa shape index (κ3) is 3.30. The third-order valence-corrected chi connectivity index (χ3v) is 5.11. The van der Waals surface area contributed by atoms with Crippen molar-refractivity contribution in [1.29, 1.82) is 0 Å². The predicted molar refractivity (Wildman–Crippen MR) is 68.1 cm³/mol. The molecule has 2 atom stereocenters. The van der Waals surface area contributed by atoms with Gasteiger partial charge in [-0.15, -0.1) is 0 Å². The summed E-state index contributed by atoms with van der Waals surface area (Å²) in [6.07, 6.45) is 3.84. The summed E-state index contributed by atoms with van der Waals surface area (Å²) in [7, 11) is -3.79. The van der Waals surface area contributed by atoms with Crippen LogP contribution in [0.15, 0.2) is 23.1 Å². The molecule has 0 heterocycles. The molecule has 0 aliphatic heterocycles. The number of nitrogens with one attached hydrogen (secondary N) is 1. The van der Waals surface area contributed by atoms with Gasteiger partial charge in [0.15, 0.2) is 11.6 Å². The molecule has 3 nitrogen and oxygen atoms in total. The molecule has 1 aromatic carbocycles. The fourth-order valence-corrected chi connectivity index (χ4v) is 3.79. The maximum Gasteiger partial charge on any atom is 0.240 e. The van der Waals surface area contributed by atoms with Gasteiger partial charge in [0, 0.05) is 6.04 Å². The van der Waals surface area contributed by atoms with Gasteiger partial charge in [0.2, 0.25) is 10.0 Å². The van der Waals surface area contributed by atoms with Gasteiger partial charge in [-0.2, -0.15) is 0 Å². The zero-order valence-corrected chi connectivity index (χ0v) is 11.5. The number of rotatable bonds is 3. The van der Waals surface area contributed by atoms with Crippen molar-refractivity contribution < 1.29 is 17.2 Å². The molecule has 6 heteroatoms. The first-order valence-corrected chi connectivity index (χ1v) is 7.86. The summed E-state index contributed by atoms with van der Waals surface area (Å²) in [4.78, 5) is -0.232. The van der Waals surface area contributed by atoms with Crippen LogP contribution in [0.4, 0.5) is 8.78 Å². The van der Waals surface area contributed by atoms with Crippen molar-refractivity contribution in [3.05, 3.63) is 29.8 Å². The molecule has 1 N–H and O–H groups in total. The lowest BCUT2D eigenvalue weighted by molar-refractivity contribution is 0.310. The normalized spacial score (nSPS) is 24.4. The van der Waals surface area contributed by atoms with Crippen molar-refractivity contribution in [3.8, 4) is 0 Å². The van der Waals surface area contributed by atoms with E-state index in [1.165, 1.54) is 0 Å². The Kier molecular flexibility index (Phi) is 4.20. The van der Waals surface area contributed by atoms with E-state index in [1.54, 1.807) is 0 Å². The van der Waals surface area contributed by atoms with Gasteiger partial charge in [-0.05, 0) is 37.0 Å². The van der Waals surface area contributed by atoms with Crippen LogP contribution in [0.5, 0.6) is 0 Å². The lowest BCUT2D eigenvalue weighted by Crippen LogP contribution is -2.41. The third-order valence-electron chi connectivity index (χ3n) is 3.62. The van der Waals surface area contributed by atoms with E-state index in [2.05, 4.69) is 4.72 Å². The van der Waals surface area contributed by atoms with Crippen molar-refractivity contribution in [2.45, 2.75) is 43.5 Å². The second kappa shape index (κ2) is 5.54. The highest BCUT2D eigenvalue weighted by atomic mass is 32.2. The average Bonchev–Trinajstić information content (AvgIpc) is 2.35. The molecular formula is C13H17F2NO2S. The van der Waals surface area contributed by atoms with Crippen LogP contribution in [0.2, 0.25) is 0 Å². The van der Waals surface area contributed by atoms with Crippen molar-refractivity contribution >= 4 is 10.0 Å². The minimum absolute atomic E-state index is 0.133. The Morgan fingerprint density at radius 3 is 2.47 bits per heavy atom. The van der Waals surface area contributed by atoms with Crippen LogP contribution in [-0.4, -0.2) is 14.5 Å². The van der Waals surface area contributed by atoms with Crippen molar-refractivity contribution in [2.24, 2.45) is 5.92 Å². The fourth-order valence-electron chi connectivity index (χ4n) is 2.40. The molecule has 106 valence electrons. The van der Waals surface area contributed by atoms with Crippen LogP contribution in [0.25, 0.3) is 0 Å². The summed E-state index contributed by atoms with van der Waals surface area (Å²) in [5.74, 6) is -1.95. The zero-order valence-electron chi connectivity index (χ0n) is 10.7. The quantitative estimate of drug-likeness (QED) is 0.930. The molecule has 1 aliphatic rings. The summed E-state index contributed by atoms with van der Waals surface area (Å²) in [5, 5.41) is 0. The van der Waals surface area contributed by atoms with Crippen LogP contribution in [-0.2, 0) is 10.0 Å². The van der Waals surface area contributed by atoms with Gasteiger partial charge in [-0.25, -0.2) is 21.9 Å². The molecule has 1 fully saturated rings. The van der Waals surface area contributed by atoms with Gasteiger partial charge >= 0.3 is 0 Å². The summed E-state index contributed by atoms with van der Waals surface area (Å²) >= 11 is 0. The first kappa shape index (κ1) is 14.4. The Labute approximate surface area is 112 Å². The molecule has 0 aromatic heterocycles. The van der Waals surface area contributed by atoms with Gasteiger partial charge in [0.1, 0.15) is 0 Å². The number of halogens is 2. The highest BCUT2D eigenvalue weighted by Gasteiger charge is 2.27. The topological polar surface area (TPSA) is 46.2 Å². The smallest absolute Gasteiger partial charge is 0.208 e. The Morgan fingerprint density at radius 1 is 1.16 bits per heavy atom. The van der Waals surface area contributed by atoms with E-state index in [0.717, 1.165) is 37.8 Å².